The van der Waals surface area contributed by atoms with Crippen LogP contribution in [-0.2, 0) is 4.79 Å². The third kappa shape index (κ3) is 5.34. The van der Waals surface area contributed by atoms with E-state index >= 15 is 0 Å². The summed E-state index contributed by atoms with van der Waals surface area (Å²) in [7, 11) is 0. The predicted octanol–water partition coefficient (Wildman–Crippen LogP) is 6.81. The van der Waals surface area contributed by atoms with Crippen LogP contribution < -0.4 is 4.74 Å². The van der Waals surface area contributed by atoms with E-state index in [-0.39, 0.29) is 23.4 Å². The first kappa shape index (κ1) is 26.3. The molecule has 3 aromatic carbocycles. The Morgan fingerprint density at radius 1 is 1.08 bits per heavy atom. The molecule has 0 saturated carbocycles. The van der Waals surface area contributed by atoms with E-state index < -0.39 is 4.92 Å². The van der Waals surface area contributed by atoms with Crippen molar-refractivity contribution < 1.29 is 14.5 Å². The molecule has 8 nitrogen and oxygen atoms in total. The molecule has 1 saturated heterocycles. The van der Waals surface area contributed by atoms with Gasteiger partial charge < -0.3 is 4.74 Å². The van der Waals surface area contributed by atoms with Gasteiger partial charge in [-0.1, -0.05) is 72.5 Å². The average molecular weight is 557 g/mol. The number of benzene rings is 3. The highest BCUT2D eigenvalue weighted by Crippen LogP contribution is 2.39. The SMILES string of the molecule is CCOc1ccc(-c2cc(/C=C3\SC(=S)N(C(C)c4ccccc4)C3=O)n(-c3ccccc3)n2)cc1[N+](=O)[O-]. The molecule has 0 spiro atoms. The fourth-order valence-corrected chi connectivity index (χ4v) is 5.74. The Balaban J connectivity index is 1.56. The molecule has 1 aromatic heterocycles. The lowest BCUT2D eigenvalue weighted by atomic mass is 10.1. The van der Waals surface area contributed by atoms with Crippen LogP contribution in [0, 0.1) is 10.1 Å². The highest BCUT2D eigenvalue weighted by atomic mass is 32.2. The van der Waals surface area contributed by atoms with Gasteiger partial charge in [0.2, 0.25) is 0 Å². The number of hydrogen-bond donors (Lipinski definition) is 0. The van der Waals surface area contributed by atoms with Crippen LogP contribution in [0.4, 0.5) is 5.69 Å². The minimum absolute atomic E-state index is 0.138. The summed E-state index contributed by atoms with van der Waals surface area (Å²) in [5.74, 6) is 0.0191. The van der Waals surface area contributed by atoms with Gasteiger partial charge >= 0.3 is 5.69 Å². The number of ether oxygens (including phenoxy) is 1. The molecule has 1 amide bonds. The predicted molar refractivity (Wildman–Crippen MR) is 157 cm³/mol. The van der Waals surface area contributed by atoms with Crippen LogP contribution >= 0.6 is 24.0 Å². The van der Waals surface area contributed by atoms with E-state index in [1.54, 1.807) is 40.8 Å². The first-order valence-corrected chi connectivity index (χ1v) is 13.5. The molecule has 0 bridgehead atoms. The van der Waals surface area contributed by atoms with Gasteiger partial charge in [0.05, 0.1) is 39.6 Å². The van der Waals surface area contributed by atoms with E-state index in [2.05, 4.69) is 0 Å². The molecular weight excluding hydrogens is 532 g/mol. The first-order chi connectivity index (χ1) is 18.9. The summed E-state index contributed by atoms with van der Waals surface area (Å²) in [6.45, 7) is 4.04. The molecule has 10 heteroatoms. The standard InChI is InChI=1S/C29H24N4O4S2/c1-3-37-26-15-14-21(16-25(26)33(35)36)24-17-23(32(30-24)22-12-8-5-9-13-22)18-27-28(34)31(29(38)39-27)19(2)20-10-6-4-7-11-20/h4-19H,3H2,1-2H3/b27-18-. The van der Waals surface area contributed by atoms with Crippen molar-refractivity contribution in [2.75, 3.05) is 6.61 Å². The number of nitrogens with zero attached hydrogens (tertiary/aromatic N) is 4. The summed E-state index contributed by atoms with van der Waals surface area (Å²) < 4.78 is 7.62. The molecule has 0 N–H and O–H groups in total. The molecule has 1 atom stereocenters. The van der Waals surface area contributed by atoms with Crippen molar-refractivity contribution in [2.45, 2.75) is 19.9 Å². The molecule has 0 radical (unpaired) electrons. The smallest absolute Gasteiger partial charge is 0.311 e. The lowest BCUT2D eigenvalue weighted by Crippen LogP contribution is -2.30. The number of thioether (sulfide) groups is 1. The minimum Gasteiger partial charge on any atom is -0.487 e. The van der Waals surface area contributed by atoms with Gasteiger partial charge in [-0.05, 0) is 55.8 Å². The third-order valence-corrected chi connectivity index (χ3v) is 7.59. The Hall–Kier alpha value is -4.28. The Morgan fingerprint density at radius 3 is 2.44 bits per heavy atom. The molecule has 196 valence electrons. The number of para-hydroxylation sites is 1. The molecule has 2 heterocycles. The molecular formula is C29H24N4O4S2. The molecule has 0 aliphatic carbocycles. The monoisotopic (exact) mass is 556 g/mol. The first-order valence-electron chi connectivity index (χ1n) is 12.3. The largest absolute Gasteiger partial charge is 0.487 e. The molecule has 39 heavy (non-hydrogen) atoms. The molecule has 1 fully saturated rings. The molecule has 1 aliphatic rings. The summed E-state index contributed by atoms with van der Waals surface area (Å²) in [5, 5.41) is 16.4. The van der Waals surface area contributed by atoms with Crippen LogP contribution in [-0.4, -0.2) is 36.4 Å². The third-order valence-electron chi connectivity index (χ3n) is 6.26. The number of thiocarbonyl (C=S) groups is 1. The molecule has 1 aliphatic heterocycles. The van der Waals surface area contributed by atoms with E-state index in [0.717, 1.165) is 11.3 Å². The molecule has 4 aromatic rings. The number of carbonyl (C=O) groups is 1. The van der Waals surface area contributed by atoms with E-state index in [1.807, 2.05) is 67.6 Å². The Kier molecular flexibility index (Phi) is 7.58. The van der Waals surface area contributed by atoms with Gasteiger partial charge in [-0.3, -0.25) is 19.8 Å². The summed E-state index contributed by atoms with van der Waals surface area (Å²) in [6.07, 6.45) is 1.77. The second kappa shape index (κ2) is 11.2. The average Bonchev–Trinajstić information content (AvgIpc) is 3.49. The second-order valence-electron chi connectivity index (χ2n) is 8.71. The number of hydrogen-bond acceptors (Lipinski definition) is 7. The van der Waals surface area contributed by atoms with E-state index in [4.69, 9.17) is 22.1 Å². The Labute approximate surface area is 235 Å². The highest BCUT2D eigenvalue weighted by molar-refractivity contribution is 8.26. The number of aromatic nitrogens is 2. The van der Waals surface area contributed by atoms with E-state index in [9.17, 15) is 14.9 Å². The van der Waals surface area contributed by atoms with Gasteiger partial charge in [0.15, 0.2) is 5.75 Å². The number of nitro groups is 1. The quantitative estimate of drug-likeness (QED) is 0.102. The van der Waals surface area contributed by atoms with Gasteiger partial charge in [0.25, 0.3) is 5.91 Å². The van der Waals surface area contributed by atoms with Gasteiger partial charge in [0, 0.05) is 11.6 Å². The van der Waals surface area contributed by atoms with Crippen molar-refractivity contribution in [1.29, 1.82) is 0 Å². The number of amides is 1. The van der Waals surface area contributed by atoms with Crippen molar-refractivity contribution in [2.24, 2.45) is 0 Å². The fraction of sp³-hybridized carbons (Fsp3) is 0.138. The van der Waals surface area contributed by atoms with Crippen molar-refractivity contribution in [1.82, 2.24) is 14.7 Å². The fourth-order valence-electron chi connectivity index (χ4n) is 4.34. The zero-order chi connectivity index (χ0) is 27.5. The Bertz CT molecular complexity index is 1590. The lowest BCUT2D eigenvalue weighted by molar-refractivity contribution is -0.385. The Morgan fingerprint density at radius 2 is 1.77 bits per heavy atom. The second-order valence-corrected chi connectivity index (χ2v) is 10.4. The van der Waals surface area contributed by atoms with E-state index in [0.29, 0.717) is 32.8 Å². The van der Waals surface area contributed by atoms with Crippen LogP contribution in [0.1, 0.15) is 31.1 Å². The van der Waals surface area contributed by atoms with Gasteiger partial charge in [-0.15, -0.1) is 0 Å². The maximum absolute atomic E-state index is 13.5. The number of nitro benzene ring substituents is 1. The normalized spacial score (nSPS) is 15.1. The van der Waals surface area contributed by atoms with Crippen LogP contribution in [0.2, 0.25) is 0 Å². The number of rotatable bonds is 8. The summed E-state index contributed by atoms with van der Waals surface area (Å²) in [5.41, 5.74) is 3.35. The van der Waals surface area contributed by atoms with Crippen LogP contribution in [0.15, 0.2) is 89.8 Å². The van der Waals surface area contributed by atoms with E-state index in [1.165, 1.54) is 17.8 Å². The zero-order valence-corrected chi connectivity index (χ0v) is 22.8. The maximum atomic E-state index is 13.5. The van der Waals surface area contributed by atoms with Crippen molar-refractivity contribution >= 4 is 46.0 Å². The van der Waals surface area contributed by atoms with Gasteiger partial charge in [-0.25, -0.2) is 4.68 Å². The minimum atomic E-state index is -0.469. The lowest BCUT2D eigenvalue weighted by Gasteiger charge is -2.23. The topological polar surface area (TPSA) is 90.5 Å². The summed E-state index contributed by atoms with van der Waals surface area (Å²) in [4.78, 5) is 26.8. The number of carbonyl (C=O) groups excluding carboxylic acids is 1. The van der Waals surface area contributed by atoms with Gasteiger partial charge in [-0.2, -0.15) is 5.10 Å². The molecule has 5 rings (SSSR count). The van der Waals surface area contributed by atoms with Gasteiger partial charge in [0.1, 0.15) is 4.32 Å². The summed E-state index contributed by atoms with van der Waals surface area (Å²) in [6, 6.07) is 25.6. The van der Waals surface area contributed by atoms with Crippen LogP contribution in [0.5, 0.6) is 5.75 Å². The highest BCUT2D eigenvalue weighted by Gasteiger charge is 2.36. The van der Waals surface area contributed by atoms with Crippen LogP contribution in [0.25, 0.3) is 23.0 Å². The van der Waals surface area contributed by atoms with Crippen molar-refractivity contribution in [3.8, 4) is 22.7 Å². The summed E-state index contributed by atoms with van der Waals surface area (Å²) >= 11 is 6.84. The van der Waals surface area contributed by atoms with Crippen molar-refractivity contribution in [3.05, 3.63) is 111 Å². The maximum Gasteiger partial charge on any atom is 0.311 e. The van der Waals surface area contributed by atoms with Crippen molar-refractivity contribution in [3.63, 3.8) is 0 Å². The molecule has 1 unspecified atom stereocenters. The zero-order valence-electron chi connectivity index (χ0n) is 21.2. The van der Waals surface area contributed by atoms with Crippen LogP contribution in [0.3, 0.4) is 0 Å².